The molecule has 120 valence electrons. The van der Waals surface area contributed by atoms with Crippen LogP contribution < -0.4 is 15.6 Å². The van der Waals surface area contributed by atoms with Gasteiger partial charge in [0.15, 0.2) is 6.10 Å². The van der Waals surface area contributed by atoms with Crippen molar-refractivity contribution in [3.8, 4) is 5.75 Å². The normalized spacial score (nSPS) is 11.4. The van der Waals surface area contributed by atoms with Gasteiger partial charge in [0.05, 0.1) is 5.56 Å². The smallest absolute Gasteiger partial charge is 0.279 e. The maximum Gasteiger partial charge on any atom is 0.279 e. The first kappa shape index (κ1) is 17.3. The molecule has 0 radical (unpaired) electrons. The highest BCUT2D eigenvalue weighted by molar-refractivity contribution is 14.1. The Morgan fingerprint density at radius 2 is 1.70 bits per heavy atom. The number of hydrogen-bond acceptors (Lipinski definition) is 3. The Hall–Kier alpha value is -2.09. The number of nitrogens with one attached hydrogen (secondary N) is 2. The maximum atomic E-state index is 12.0. The van der Waals surface area contributed by atoms with Crippen LogP contribution in [0.15, 0.2) is 48.5 Å². The van der Waals surface area contributed by atoms with Gasteiger partial charge >= 0.3 is 0 Å². The largest absolute Gasteiger partial charge is 0.481 e. The van der Waals surface area contributed by atoms with Gasteiger partial charge in [0.1, 0.15) is 5.75 Å². The molecule has 0 fully saturated rings. The molecule has 0 saturated heterocycles. The Labute approximate surface area is 148 Å². The molecule has 0 aliphatic carbocycles. The van der Waals surface area contributed by atoms with Crippen LogP contribution in [-0.2, 0) is 4.79 Å². The molecule has 6 heteroatoms. The molecule has 1 atom stereocenters. The molecular formula is C17H17IN2O3. The third-order valence-electron chi connectivity index (χ3n) is 3.18. The van der Waals surface area contributed by atoms with Gasteiger partial charge in [-0.1, -0.05) is 30.3 Å². The van der Waals surface area contributed by atoms with E-state index in [1.165, 1.54) is 0 Å². The van der Waals surface area contributed by atoms with Crippen molar-refractivity contribution in [2.45, 2.75) is 20.0 Å². The molecule has 2 rings (SSSR count). The van der Waals surface area contributed by atoms with E-state index in [1.54, 1.807) is 25.1 Å². The summed E-state index contributed by atoms with van der Waals surface area (Å²) >= 11 is 2.07. The number of ether oxygens (including phenoxy) is 1. The lowest BCUT2D eigenvalue weighted by atomic mass is 10.2. The number of carbonyl (C=O) groups excluding carboxylic acids is 2. The van der Waals surface area contributed by atoms with E-state index in [0.717, 1.165) is 9.13 Å². The van der Waals surface area contributed by atoms with Gasteiger partial charge in [-0.05, 0) is 60.2 Å². The highest BCUT2D eigenvalue weighted by Crippen LogP contribution is 2.17. The Balaban J connectivity index is 1.91. The van der Waals surface area contributed by atoms with E-state index in [-0.39, 0.29) is 5.91 Å². The summed E-state index contributed by atoms with van der Waals surface area (Å²) in [4.78, 5) is 24.1. The lowest BCUT2D eigenvalue weighted by Gasteiger charge is -2.16. The Bertz CT molecular complexity index is 718. The zero-order chi connectivity index (χ0) is 16.8. The number of rotatable bonds is 4. The van der Waals surface area contributed by atoms with Crippen molar-refractivity contribution in [3.05, 3.63) is 63.2 Å². The lowest BCUT2D eigenvalue weighted by molar-refractivity contribution is -0.128. The minimum absolute atomic E-state index is 0.369. The zero-order valence-corrected chi connectivity index (χ0v) is 15.0. The molecule has 0 heterocycles. The van der Waals surface area contributed by atoms with Crippen molar-refractivity contribution in [1.29, 1.82) is 0 Å². The van der Waals surface area contributed by atoms with Crippen LogP contribution >= 0.6 is 22.6 Å². The Morgan fingerprint density at radius 1 is 1.04 bits per heavy atom. The highest BCUT2D eigenvalue weighted by atomic mass is 127. The monoisotopic (exact) mass is 424 g/mol. The Kier molecular flexibility index (Phi) is 5.97. The van der Waals surface area contributed by atoms with Crippen molar-refractivity contribution in [1.82, 2.24) is 10.9 Å². The van der Waals surface area contributed by atoms with E-state index < -0.39 is 12.0 Å². The van der Waals surface area contributed by atoms with Gasteiger partial charge in [-0.2, -0.15) is 0 Å². The fourth-order valence-corrected chi connectivity index (χ4v) is 2.50. The molecule has 2 aromatic rings. The van der Waals surface area contributed by atoms with E-state index in [2.05, 4.69) is 33.4 Å². The van der Waals surface area contributed by atoms with E-state index in [9.17, 15) is 9.59 Å². The minimum Gasteiger partial charge on any atom is -0.481 e. The molecule has 2 aromatic carbocycles. The van der Waals surface area contributed by atoms with Gasteiger partial charge in [0.25, 0.3) is 11.8 Å². The average molecular weight is 424 g/mol. The number of carbonyl (C=O) groups is 2. The van der Waals surface area contributed by atoms with Crippen LogP contribution in [0, 0.1) is 10.5 Å². The minimum atomic E-state index is -0.730. The van der Waals surface area contributed by atoms with Crippen LogP contribution in [0.25, 0.3) is 0 Å². The van der Waals surface area contributed by atoms with E-state index >= 15 is 0 Å². The van der Waals surface area contributed by atoms with E-state index in [0.29, 0.717) is 11.3 Å². The Morgan fingerprint density at radius 3 is 2.39 bits per heavy atom. The van der Waals surface area contributed by atoms with Crippen molar-refractivity contribution < 1.29 is 14.3 Å². The summed E-state index contributed by atoms with van der Waals surface area (Å²) in [6, 6.07) is 14.6. The van der Waals surface area contributed by atoms with Crippen LogP contribution in [-0.4, -0.2) is 17.9 Å². The van der Waals surface area contributed by atoms with Crippen LogP contribution in [0.1, 0.15) is 22.8 Å². The van der Waals surface area contributed by atoms with Gasteiger partial charge < -0.3 is 4.74 Å². The molecule has 23 heavy (non-hydrogen) atoms. The summed E-state index contributed by atoms with van der Waals surface area (Å²) in [5.74, 6) is -0.155. The third-order valence-corrected chi connectivity index (χ3v) is 4.12. The van der Waals surface area contributed by atoms with Gasteiger partial charge in [-0.15, -0.1) is 0 Å². The summed E-state index contributed by atoms with van der Waals surface area (Å²) < 4.78 is 6.41. The van der Waals surface area contributed by atoms with Crippen LogP contribution in [0.4, 0.5) is 0 Å². The van der Waals surface area contributed by atoms with E-state index in [4.69, 9.17) is 4.74 Å². The number of para-hydroxylation sites is 1. The first-order chi connectivity index (χ1) is 11.0. The fourth-order valence-electron chi connectivity index (χ4n) is 1.87. The average Bonchev–Trinajstić information content (AvgIpc) is 2.54. The molecule has 1 unspecified atom stereocenters. The van der Waals surface area contributed by atoms with Crippen molar-refractivity contribution in [2.75, 3.05) is 0 Å². The van der Waals surface area contributed by atoms with Crippen LogP contribution in [0.2, 0.25) is 0 Å². The second-order valence-corrected chi connectivity index (χ2v) is 6.11. The molecule has 0 aromatic heterocycles. The van der Waals surface area contributed by atoms with Gasteiger partial charge in [-0.3, -0.25) is 20.4 Å². The van der Waals surface area contributed by atoms with Crippen molar-refractivity contribution in [3.63, 3.8) is 0 Å². The number of halogens is 1. The van der Waals surface area contributed by atoms with Crippen molar-refractivity contribution >= 4 is 34.4 Å². The summed E-state index contributed by atoms with van der Waals surface area (Å²) in [6.07, 6.45) is -0.730. The molecule has 0 aliphatic heterocycles. The molecule has 2 amide bonds. The number of hydrogen-bond donors (Lipinski definition) is 2. The lowest BCUT2D eigenvalue weighted by Crippen LogP contribution is -2.47. The maximum absolute atomic E-state index is 12.0. The SMILES string of the molecule is Cc1ccccc1OC(C)C(=O)NNC(=O)c1ccccc1I. The summed E-state index contributed by atoms with van der Waals surface area (Å²) in [7, 11) is 0. The predicted molar refractivity (Wildman–Crippen MR) is 96.0 cm³/mol. The first-order valence-corrected chi connectivity index (χ1v) is 8.14. The molecular weight excluding hydrogens is 407 g/mol. The summed E-state index contributed by atoms with van der Waals surface area (Å²) in [6.45, 7) is 3.53. The van der Waals surface area contributed by atoms with Gasteiger partial charge in [0.2, 0.25) is 0 Å². The molecule has 0 bridgehead atoms. The first-order valence-electron chi connectivity index (χ1n) is 7.06. The van der Waals surface area contributed by atoms with Crippen LogP contribution in [0.3, 0.4) is 0 Å². The number of hydrazine groups is 1. The second kappa shape index (κ2) is 7.96. The summed E-state index contributed by atoms with van der Waals surface area (Å²) in [5.41, 5.74) is 6.22. The number of amides is 2. The standard InChI is InChI=1S/C17H17IN2O3/c1-11-7-3-6-10-15(11)23-12(2)16(21)19-20-17(22)13-8-4-5-9-14(13)18/h3-10,12H,1-2H3,(H,19,21)(H,20,22). The molecule has 0 saturated carbocycles. The quantitative estimate of drug-likeness (QED) is 0.586. The van der Waals surface area contributed by atoms with Gasteiger partial charge in [0, 0.05) is 3.57 Å². The van der Waals surface area contributed by atoms with E-state index in [1.807, 2.05) is 37.3 Å². The molecule has 0 spiro atoms. The second-order valence-electron chi connectivity index (χ2n) is 4.95. The fraction of sp³-hybridized carbons (Fsp3) is 0.176. The number of benzene rings is 2. The topological polar surface area (TPSA) is 67.4 Å². The molecule has 0 aliphatic rings. The zero-order valence-electron chi connectivity index (χ0n) is 12.8. The third kappa shape index (κ3) is 4.69. The number of aryl methyl sites for hydroxylation is 1. The molecule has 5 nitrogen and oxygen atoms in total. The van der Waals surface area contributed by atoms with Crippen LogP contribution in [0.5, 0.6) is 5.75 Å². The predicted octanol–water partition coefficient (Wildman–Crippen LogP) is 2.83. The molecule has 2 N–H and O–H groups in total. The van der Waals surface area contributed by atoms with Gasteiger partial charge in [-0.25, -0.2) is 0 Å². The highest BCUT2D eigenvalue weighted by Gasteiger charge is 2.17. The van der Waals surface area contributed by atoms with Crippen molar-refractivity contribution in [2.24, 2.45) is 0 Å². The summed E-state index contributed by atoms with van der Waals surface area (Å²) in [5, 5.41) is 0.